The van der Waals surface area contributed by atoms with E-state index in [1.54, 1.807) is 30.5 Å². The Hall–Kier alpha value is -1.92. The van der Waals surface area contributed by atoms with Crippen molar-refractivity contribution >= 4 is 46.1 Å². The Morgan fingerprint density at radius 2 is 2.04 bits per heavy atom. The maximum absolute atomic E-state index is 12.2. The molecular weight excluding hydrogens is 334 g/mol. The monoisotopic (exact) mass is 351 g/mol. The standard InChI is InChI=1S/C16H18ClN3O2S/c1-3-5-15-20-13(9-23-15)16(22)18-10-6-7-12(11(17)8-10)19-14(21)4-2/h6-9H,3-5H2,1-2H3,(H,18,22)(H,19,21). The molecule has 0 radical (unpaired) electrons. The molecule has 2 N–H and O–H groups in total. The molecule has 122 valence electrons. The lowest BCUT2D eigenvalue weighted by molar-refractivity contribution is -0.115. The molecule has 2 rings (SSSR count). The maximum Gasteiger partial charge on any atom is 0.275 e. The lowest BCUT2D eigenvalue weighted by atomic mass is 10.2. The molecule has 0 aliphatic rings. The molecule has 7 heteroatoms. The summed E-state index contributed by atoms with van der Waals surface area (Å²) in [4.78, 5) is 27.9. The molecule has 0 unspecified atom stereocenters. The molecule has 0 fully saturated rings. The molecule has 0 bridgehead atoms. The van der Waals surface area contributed by atoms with Gasteiger partial charge < -0.3 is 10.6 Å². The Balaban J connectivity index is 2.05. The topological polar surface area (TPSA) is 71.1 Å². The summed E-state index contributed by atoms with van der Waals surface area (Å²) in [5, 5.41) is 8.52. The van der Waals surface area contributed by atoms with Gasteiger partial charge in [0.15, 0.2) is 0 Å². The van der Waals surface area contributed by atoms with Crippen molar-refractivity contribution < 1.29 is 9.59 Å². The number of aryl methyl sites for hydroxylation is 1. The van der Waals surface area contributed by atoms with E-state index in [0.717, 1.165) is 17.8 Å². The van der Waals surface area contributed by atoms with E-state index in [-0.39, 0.29) is 11.8 Å². The number of carbonyl (C=O) groups is 2. The fourth-order valence-electron chi connectivity index (χ4n) is 1.87. The highest BCUT2D eigenvalue weighted by Crippen LogP contribution is 2.26. The lowest BCUT2D eigenvalue weighted by Gasteiger charge is -2.09. The van der Waals surface area contributed by atoms with Gasteiger partial charge in [0.2, 0.25) is 5.91 Å². The fraction of sp³-hybridized carbons (Fsp3) is 0.312. The molecule has 0 saturated heterocycles. The molecule has 1 aromatic carbocycles. The highest BCUT2D eigenvalue weighted by Gasteiger charge is 2.12. The molecule has 0 saturated carbocycles. The first-order valence-electron chi connectivity index (χ1n) is 7.38. The van der Waals surface area contributed by atoms with Crippen LogP contribution in [0, 0.1) is 0 Å². The predicted molar refractivity (Wildman–Crippen MR) is 94.4 cm³/mol. The summed E-state index contributed by atoms with van der Waals surface area (Å²) in [5.74, 6) is -0.389. The third-order valence-electron chi connectivity index (χ3n) is 3.07. The van der Waals surface area contributed by atoms with E-state index in [9.17, 15) is 9.59 Å². The SMILES string of the molecule is CCCc1nc(C(=O)Nc2ccc(NC(=O)CC)c(Cl)c2)cs1. The van der Waals surface area contributed by atoms with E-state index in [4.69, 9.17) is 11.6 Å². The molecule has 0 aliphatic carbocycles. The first-order valence-corrected chi connectivity index (χ1v) is 8.64. The van der Waals surface area contributed by atoms with Crippen molar-refractivity contribution in [1.29, 1.82) is 0 Å². The first kappa shape index (κ1) is 17.4. The number of thiazole rings is 1. The van der Waals surface area contributed by atoms with Crippen molar-refractivity contribution in [3.05, 3.63) is 39.3 Å². The lowest BCUT2D eigenvalue weighted by Crippen LogP contribution is -2.13. The second kappa shape index (κ2) is 8.08. The second-order valence-corrected chi connectivity index (χ2v) is 6.28. The minimum Gasteiger partial charge on any atom is -0.325 e. The Kier molecular flexibility index (Phi) is 6.12. The summed E-state index contributed by atoms with van der Waals surface area (Å²) in [6.07, 6.45) is 2.24. The van der Waals surface area contributed by atoms with Gasteiger partial charge in [0.25, 0.3) is 5.91 Å². The van der Waals surface area contributed by atoms with Crippen LogP contribution >= 0.6 is 22.9 Å². The summed E-state index contributed by atoms with van der Waals surface area (Å²) in [6.45, 7) is 3.83. The van der Waals surface area contributed by atoms with E-state index in [0.29, 0.717) is 28.5 Å². The zero-order valence-electron chi connectivity index (χ0n) is 13.0. The Bertz CT molecular complexity index is 715. The normalized spacial score (nSPS) is 10.4. The Morgan fingerprint density at radius 1 is 1.26 bits per heavy atom. The van der Waals surface area contributed by atoms with Gasteiger partial charge in [0, 0.05) is 17.5 Å². The van der Waals surface area contributed by atoms with Gasteiger partial charge in [0.1, 0.15) is 5.69 Å². The second-order valence-electron chi connectivity index (χ2n) is 4.93. The van der Waals surface area contributed by atoms with Gasteiger partial charge >= 0.3 is 0 Å². The Labute approximate surface area is 144 Å². The van der Waals surface area contributed by atoms with Crippen LogP contribution in [-0.4, -0.2) is 16.8 Å². The van der Waals surface area contributed by atoms with Gasteiger partial charge in [0.05, 0.1) is 15.7 Å². The van der Waals surface area contributed by atoms with Crippen molar-refractivity contribution in [2.45, 2.75) is 33.1 Å². The first-order chi connectivity index (χ1) is 11.0. The van der Waals surface area contributed by atoms with Crippen LogP contribution in [-0.2, 0) is 11.2 Å². The molecule has 2 amide bonds. The maximum atomic E-state index is 12.2. The zero-order valence-corrected chi connectivity index (χ0v) is 14.6. The average Bonchev–Trinajstić information content (AvgIpc) is 2.99. The van der Waals surface area contributed by atoms with Crippen molar-refractivity contribution in [2.24, 2.45) is 0 Å². The number of carbonyl (C=O) groups excluding carboxylic acids is 2. The van der Waals surface area contributed by atoms with E-state index in [1.807, 2.05) is 0 Å². The van der Waals surface area contributed by atoms with Gasteiger partial charge in [-0.2, -0.15) is 0 Å². The number of rotatable bonds is 6. The quantitative estimate of drug-likeness (QED) is 0.812. The highest BCUT2D eigenvalue weighted by molar-refractivity contribution is 7.09. The van der Waals surface area contributed by atoms with Crippen LogP contribution in [0.5, 0.6) is 0 Å². The molecule has 2 aromatic rings. The summed E-state index contributed by atoms with van der Waals surface area (Å²) in [7, 11) is 0. The molecular formula is C16H18ClN3O2S. The minimum absolute atomic E-state index is 0.116. The van der Waals surface area contributed by atoms with Gasteiger partial charge in [-0.1, -0.05) is 25.4 Å². The number of amides is 2. The number of halogens is 1. The van der Waals surface area contributed by atoms with E-state index < -0.39 is 0 Å². The smallest absolute Gasteiger partial charge is 0.275 e. The Morgan fingerprint density at radius 3 is 2.70 bits per heavy atom. The van der Waals surface area contributed by atoms with E-state index in [1.165, 1.54) is 11.3 Å². The molecule has 1 aromatic heterocycles. The van der Waals surface area contributed by atoms with Crippen LogP contribution in [0.3, 0.4) is 0 Å². The average molecular weight is 352 g/mol. The van der Waals surface area contributed by atoms with Crippen LogP contribution in [0.1, 0.15) is 42.2 Å². The molecule has 5 nitrogen and oxygen atoms in total. The van der Waals surface area contributed by atoms with E-state index in [2.05, 4.69) is 22.5 Å². The number of anilines is 2. The highest BCUT2D eigenvalue weighted by atomic mass is 35.5. The van der Waals surface area contributed by atoms with Crippen LogP contribution in [0.25, 0.3) is 0 Å². The van der Waals surface area contributed by atoms with Crippen LogP contribution < -0.4 is 10.6 Å². The van der Waals surface area contributed by atoms with Gasteiger partial charge in [-0.25, -0.2) is 4.98 Å². The van der Waals surface area contributed by atoms with Gasteiger partial charge in [-0.15, -0.1) is 11.3 Å². The number of benzene rings is 1. The van der Waals surface area contributed by atoms with Crippen molar-refractivity contribution in [2.75, 3.05) is 10.6 Å². The summed E-state index contributed by atoms with van der Waals surface area (Å²) < 4.78 is 0. The molecule has 1 heterocycles. The van der Waals surface area contributed by atoms with Gasteiger partial charge in [-0.05, 0) is 31.0 Å². The number of nitrogens with one attached hydrogen (secondary N) is 2. The fourth-order valence-corrected chi connectivity index (χ4v) is 2.98. The number of hydrogen-bond donors (Lipinski definition) is 2. The summed E-state index contributed by atoms with van der Waals surface area (Å²) >= 11 is 7.61. The molecule has 0 atom stereocenters. The third-order valence-corrected chi connectivity index (χ3v) is 4.29. The van der Waals surface area contributed by atoms with Crippen LogP contribution in [0.2, 0.25) is 5.02 Å². The third kappa shape index (κ3) is 4.77. The number of hydrogen-bond acceptors (Lipinski definition) is 4. The number of aromatic nitrogens is 1. The van der Waals surface area contributed by atoms with Gasteiger partial charge in [-0.3, -0.25) is 9.59 Å². The van der Waals surface area contributed by atoms with Crippen molar-refractivity contribution in [1.82, 2.24) is 4.98 Å². The van der Waals surface area contributed by atoms with Crippen molar-refractivity contribution in [3.63, 3.8) is 0 Å². The largest absolute Gasteiger partial charge is 0.325 e. The molecule has 23 heavy (non-hydrogen) atoms. The van der Waals surface area contributed by atoms with Crippen molar-refractivity contribution in [3.8, 4) is 0 Å². The van der Waals surface area contributed by atoms with E-state index >= 15 is 0 Å². The number of nitrogens with zero attached hydrogens (tertiary/aromatic N) is 1. The summed E-state index contributed by atoms with van der Waals surface area (Å²) in [6, 6.07) is 4.95. The minimum atomic E-state index is -0.273. The molecule has 0 spiro atoms. The van der Waals surface area contributed by atoms with Crippen LogP contribution in [0.15, 0.2) is 23.6 Å². The predicted octanol–water partition coefficient (Wildman–Crippen LogP) is 4.35. The molecule has 0 aliphatic heterocycles. The zero-order chi connectivity index (χ0) is 16.8. The van der Waals surface area contributed by atoms with Crippen LogP contribution in [0.4, 0.5) is 11.4 Å². The summed E-state index contributed by atoms with van der Waals surface area (Å²) in [5.41, 5.74) is 1.48.